The molecule has 0 aliphatic heterocycles. The summed E-state index contributed by atoms with van der Waals surface area (Å²) in [6.45, 7) is 3.02. The summed E-state index contributed by atoms with van der Waals surface area (Å²) in [4.78, 5) is 0. The lowest BCUT2D eigenvalue weighted by Gasteiger charge is -2.15. The van der Waals surface area contributed by atoms with E-state index >= 15 is 0 Å². The lowest BCUT2D eigenvalue weighted by molar-refractivity contribution is 0.404. The molecule has 3 heteroatoms. The molecule has 0 aromatic heterocycles. The molecule has 1 aromatic rings. The van der Waals surface area contributed by atoms with Crippen molar-refractivity contribution < 1.29 is 4.74 Å². The van der Waals surface area contributed by atoms with Crippen molar-refractivity contribution in [3.8, 4) is 5.75 Å². The molecule has 0 amide bonds. The van der Waals surface area contributed by atoms with Gasteiger partial charge in [-0.2, -0.15) is 0 Å². The van der Waals surface area contributed by atoms with Gasteiger partial charge in [-0.15, -0.1) is 0 Å². The molecule has 0 saturated heterocycles. The smallest absolute Gasteiger partial charge is 0.124 e. The first kappa shape index (κ1) is 11.7. The Morgan fingerprint density at radius 1 is 1.50 bits per heavy atom. The highest BCUT2D eigenvalue weighted by atomic mass is 35.5. The Morgan fingerprint density at radius 3 is 2.88 bits per heavy atom. The van der Waals surface area contributed by atoms with Gasteiger partial charge in [-0.05, 0) is 37.8 Å². The second-order valence-electron chi connectivity index (χ2n) is 4.43. The lowest BCUT2D eigenvalue weighted by Crippen LogP contribution is -2.27. The fourth-order valence-corrected chi connectivity index (χ4v) is 2.16. The van der Waals surface area contributed by atoms with Crippen LogP contribution in [-0.4, -0.2) is 13.2 Å². The van der Waals surface area contributed by atoms with Crippen molar-refractivity contribution in [1.82, 2.24) is 5.32 Å². The zero-order chi connectivity index (χ0) is 11.5. The van der Waals surface area contributed by atoms with Gasteiger partial charge in [0.05, 0.1) is 7.11 Å². The number of methoxy groups -OCH3 is 1. The minimum atomic E-state index is 0.570. The molecule has 1 aromatic carbocycles. The predicted octanol–water partition coefficient (Wildman–Crippen LogP) is 3.24. The maximum atomic E-state index is 6.17. The molecule has 1 atom stereocenters. The highest BCUT2D eigenvalue weighted by Gasteiger charge is 2.27. The topological polar surface area (TPSA) is 21.3 Å². The monoisotopic (exact) mass is 239 g/mol. The van der Waals surface area contributed by atoms with Crippen LogP contribution in [0.1, 0.15) is 25.3 Å². The summed E-state index contributed by atoms with van der Waals surface area (Å²) in [6, 6.07) is 6.34. The Balaban J connectivity index is 2.01. The second-order valence-corrected chi connectivity index (χ2v) is 4.83. The standard InChI is InChI=1S/C13H18ClNO/c1-9(10-6-7-10)15-8-11-12(14)4-3-5-13(11)16-2/h3-5,9-10,15H,6-8H2,1-2H3. The van der Waals surface area contributed by atoms with Gasteiger partial charge in [0.15, 0.2) is 0 Å². The van der Waals surface area contributed by atoms with Crippen LogP contribution < -0.4 is 10.1 Å². The van der Waals surface area contributed by atoms with E-state index < -0.39 is 0 Å². The SMILES string of the molecule is COc1cccc(Cl)c1CNC(C)C1CC1. The molecule has 2 rings (SSSR count). The molecule has 0 spiro atoms. The highest BCUT2D eigenvalue weighted by Crippen LogP contribution is 2.33. The van der Waals surface area contributed by atoms with Crippen LogP contribution in [0.25, 0.3) is 0 Å². The second kappa shape index (κ2) is 5.07. The summed E-state index contributed by atoms with van der Waals surface area (Å²) in [6.07, 6.45) is 2.71. The van der Waals surface area contributed by atoms with Gasteiger partial charge in [-0.25, -0.2) is 0 Å². The van der Waals surface area contributed by atoms with E-state index in [-0.39, 0.29) is 0 Å². The number of nitrogens with one attached hydrogen (secondary N) is 1. The van der Waals surface area contributed by atoms with E-state index in [1.54, 1.807) is 7.11 Å². The van der Waals surface area contributed by atoms with Gasteiger partial charge in [0.2, 0.25) is 0 Å². The van der Waals surface area contributed by atoms with Crippen molar-refractivity contribution in [2.75, 3.05) is 7.11 Å². The highest BCUT2D eigenvalue weighted by molar-refractivity contribution is 6.31. The molecule has 0 radical (unpaired) electrons. The van der Waals surface area contributed by atoms with Gasteiger partial charge < -0.3 is 10.1 Å². The van der Waals surface area contributed by atoms with Crippen LogP contribution >= 0.6 is 11.6 Å². The molecule has 16 heavy (non-hydrogen) atoms. The molecule has 88 valence electrons. The molecule has 1 aliphatic rings. The number of benzene rings is 1. The normalized spacial score (nSPS) is 17.2. The largest absolute Gasteiger partial charge is 0.496 e. The van der Waals surface area contributed by atoms with E-state index in [0.717, 1.165) is 28.8 Å². The van der Waals surface area contributed by atoms with Crippen molar-refractivity contribution in [2.24, 2.45) is 5.92 Å². The summed E-state index contributed by atoms with van der Waals surface area (Å²) in [5.41, 5.74) is 1.05. The third-order valence-electron chi connectivity index (χ3n) is 3.23. The van der Waals surface area contributed by atoms with E-state index in [9.17, 15) is 0 Å². The molecule has 0 bridgehead atoms. The van der Waals surface area contributed by atoms with Gasteiger partial charge in [0, 0.05) is 23.2 Å². The van der Waals surface area contributed by atoms with Crippen LogP contribution in [0.3, 0.4) is 0 Å². The Labute approximate surface area is 102 Å². The first-order valence-corrected chi connectivity index (χ1v) is 6.15. The summed E-state index contributed by atoms with van der Waals surface area (Å²) in [7, 11) is 1.68. The zero-order valence-corrected chi connectivity index (χ0v) is 10.6. The molecule has 1 saturated carbocycles. The van der Waals surface area contributed by atoms with Gasteiger partial charge in [0.1, 0.15) is 5.75 Å². The average molecular weight is 240 g/mol. The van der Waals surface area contributed by atoms with E-state index in [0.29, 0.717) is 6.04 Å². The van der Waals surface area contributed by atoms with E-state index in [1.165, 1.54) is 12.8 Å². The van der Waals surface area contributed by atoms with Gasteiger partial charge in [0.25, 0.3) is 0 Å². The summed E-state index contributed by atoms with van der Waals surface area (Å²) in [5, 5.41) is 4.28. The van der Waals surface area contributed by atoms with Gasteiger partial charge in [-0.1, -0.05) is 17.7 Å². The molecule has 2 nitrogen and oxygen atoms in total. The van der Waals surface area contributed by atoms with Crippen LogP contribution in [0.15, 0.2) is 18.2 Å². The Morgan fingerprint density at radius 2 is 2.25 bits per heavy atom. The number of hydrogen-bond donors (Lipinski definition) is 1. The van der Waals surface area contributed by atoms with Crippen molar-refractivity contribution in [2.45, 2.75) is 32.4 Å². The van der Waals surface area contributed by atoms with Gasteiger partial charge in [-0.3, -0.25) is 0 Å². The predicted molar refractivity (Wildman–Crippen MR) is 67.0 cm³/mol. The van der Waals surface area contributed by atoms with E-state index in [2.05, 4.69) is 12.2 Å². The fourth-order valence-electron chi connectivity index (χ4n) is 1.93. The fraction of sp³-hybridized carbons (Fsp3) is 0.538. The van der Waals surface area contributed by atoms with Crippen molar-refractivity contribution >= 4 is 11.6 Å². The number of ether oxygens (including phenoxy) is 1. The van der Waals surface area contributed by atoms with Gasteiger partial charge >= 0.3 is 0 Å². The van der Waals surface area contributed by atoms with Crippen LogP contribution in [0.2, 0.25) is 5.02 Å². The molecule has 1 unspecified atom stereocenters. The number of halogens is 1. The molecular formula is C13H18ClNO. The number of hydrogen-bond acceptors (Lipinski definition) is 2. The molecule has 0 heterocycles. The molecule has 1 N–H and O–H groups in total. The maximum Gasteiger partial charge on any atom is 0.124 e. The quantitative estimate of drug-likeness (QED) is 0.852. The van der Waals surface area contributed by atoms with Crippen LogP contribution in [-0.2, 0) is 6.54 Å². The third-order valence-corrected chi connectivity index (χ3v) is 3.58. The molecular weight excluding hydrogens is 222 g/mol. The van der Waals surface area contributed by atoms with Crippen LogP contribution in [0, 0.1) is 5.92 Å². The van der Waals surface area contributed by atoms with Crippen molar-refractivity contribution in [3.05, 3.63) is 28.8 Å². The molecule has 1 aliphatic carbocycles. The number of rotatable bonds is 5. The summed E-state index contributed by atoms with van der Waals surface area (Å²) >= 11 is 6.17. The average Bonchev–Trinajstić information content (AvgIpc) is 3.10. The third kappa shape index (κ3) is 2.69. The minimum Gasteiger partial charge on any atom is -0.496 e. The van der Waals surface area contributed by atoms with Crippen LogP contribution in [0.5, 0.6) is 5.75 Å². The summed E-state index contributed by atoms with van der Waals surface area (Å²) < 4.78 is 5.31. The van der Waals surface area contributed by atoms with E-state index in [4.69, 9.17) is 16.3 Å². The van der Waals surface area contributed by atoms with Crippen LogP contribution in [0.4, 0.5) is 0 Å². The van der Waals surface area contributed by atoms with Crippen molar-refractivity contribution in [3.63, 3.8) is 0 Å². The minimum absolute atomic E-state index is 0.570. The van der Waals surface area contributed by atoms with E-state index in [1.807, 2.05) is 18.2 Å². The lowest BCUT2D eigenvalue weighted by atomic mass is 10.1. The Bertz CT molecular complexity index is 363. The Hall–Kier alpha value is -0.730. The summed E-state index contributed by atoms with van der Waals surface area (Å²) in [5.74, 6) is 1.72. The zero-order valence-electron chi connectivity index (χ0n) is 9.79. The van der Waals surface area contributed by atoms with Crippen molar-refractivity contribution in [1.29, 1.82) is 0 Å². The molecule has 1 fully saturated rings. The first-order chi connectivity index (χ1) is 7.72. The Kier molecular flexibility index (Phi) is 3.72. The maximum absolute atomic E-state index is 6.17. The first-order valence-electron chi connectivity index (χ1n) is 5.77.